The molecule has 0 aliphatic rings. The second kappa shape index (κ2) is 10.8. The number of aryl methyl sites for hydroxylation is 1. The van der Waals surface area contributed by atoms with E-state index < -0.39 is 27.4 Å². The smallest absolute Gasteiger partial charge is 0.273 e. The molecule has 0 aliphatic heterocycles. The van der Waals surface area contributed by atoms with Crippen LogP contribution in [0.3, 0.4) is 0 Å². The third-order valence-corrected chi connectivity index (χ3v) is 8.09. The number of sulfonamides is 1. The Labute approximate surface area is 219 Å². The maximum atomic E-state index is 13.7. The highest BCUT2D eigenvalue weighted by atomic mass is 79.9. The fourth-order valence-electron chi connectivity index (χ4n) is 3.14. The predicted molar refractivity (Wildman–Crippen MR) is 138 cm³/mol. The number of nitro benzene ring substituents is 1. The summed E-state index contributed by atoms with van der Waals surface area (Å²) in [6, 6.07) is 12.5. The standard InChI is InChI=1S/C22H18BrCl2N3O6S/c1-13-3-6-16(11-19(13)28(30)31)35(32,33)27(20-9-14(24)4-8-21(20)34-2)12-22(29)26-15-5-7-17(23)18(25)10-15/h3-11H,12H2,1-2H3,(H,26,29). The largest absolute Gasteiger partial charge is 0.495 e. The molecule has 3 rings (SSSR count). The second-order valence-corrected chi connectivity index (χ2v) is 10.8. The number of nitrogens with one attached hydrogen (secondary N) is 1. The van der Waals surface area contributed by atoms with Crippen molar-refractivity contribution in [3.8, 4) is 5.75 Å². The van der Waals surface area contributed by atoms with Gasteiger partial charge in [-0.05, 0) is 65.3 Å². The molecule has 35 heavy (non-hydrogen) atoms. The van der Waals surface area contributed by atoms with Gasteiger partial charge in [0.15, 0.2) is 0 Å². The number of carbonyl (C=O) groups is 1. The molecule has 0 radical (unpaired) electrons. The molecule has 0 aliphatic carbocycles. The number of nitro groups is 1. The summed E-state index contributed by atoms with van der Waals surface area (Å²) >= 11 is 15.4. The van der Waals surface area contributed by atoms with Crippen LogP contribution in [0.5, 0.6) is 5.75 Å². The molecule has 0 unspecified atom stereocenters. The van der Waals surface area contributed by atoms with Gasteiger partial charge in [0.2, 0.25) is 5.91 Å². The molecule has 3 aromatic carbocycles. The molecular weight excluding hydrogens is 585 g/mol. The number of benzene rings is 3. The minimum atomic E-state index is -4.48. The van der Waals surface area contributed by atoms with Crippen molar-refractivity contribution in [2.45, 2.75) is 11.8 Å². The van der Waals surface area contributed by atoms with Crippen molar-refractivity contribution in [1.29, 1.82) is 0 Å². The van der Waals surface area contributed by atoms with E-state index in [-0.39, 0.29) is 32.6 Å². The first-order valence-corrected chi connectivity index (χ1v) is 12.8. The molecule has 0 saturated heterocycles. The summed E-state index contributed by atoms with van der Waals surface area (Å²) in [5.41, 5.74) is 0.223. The Balaban J connectivity index is 2.09. The van der Waals surface area contributed by atoms with E-state index in [0.29, 0.717) is 15.2 Å². The third kappa shape index (κ3) is 6.04. The summed E-state index contributed by atoms with van der Waals surface area (Å²) in [6.45, 7) is 0.803. The number of halogens is 3. The van der Waals surface area contributed by atoms with Gasteiger partial charge in [-0.15, -0.1) is 0 Å². The summed E-state index contributed by atoms with van der Waals surface area (Å²) in [5.74, 6) is -0.574. The van der Waals surface area contributed by atoms with Crippen molar-refractivity contribution in [3.63, 3.8) is 0 Å². The van der Waals surface area contributed by atoms with E-state index in [2.05, 4.69) is 21.2 Å². The van der Waals surface area contributed by atoms with Gasteiger partial charge in [-0.2, -0.15) is 0 Å². The average Bonchev–Trinajstić information content (AvgIpc) is 2.79. The zero-order chi connectivity index (χ0) is 25.9. The summed E-state index contributed by atoms with van der Waals surface area (Å²) < 4.78 is 34.1. The second-order valence-electron chi connectivity index (χ2n) is 7.21. The molecule has 13 heteroatoms. The average molecular weight is 603 g/mol. The van der Waals surface area contributed by atoms with Gasteiger partial charge >= 0.3 is 0 Å². The number of ether oxygens (including phenoxy) is 1. The van der Waals surface area contributed by atoms with Gasteiger partial charge in [-0.1, -0.05) is 29.3 Å². The van der Waals surface area contributed by atoms with Crippen molar-refractivity contribution >= 4 is 72.1 Å². The topological polar surface area (TPSA) is 119 Å². The predicted octanol–water partition coefficient (Wildman–Crippen LogP) is 5.82. The fourth-order valence-corrected chi connectivity index (χ4v) is 5.17. The normalized spacial score (nSPS) is 11.1. The molecule has 184 valence electrons. The SMILES string of the molecule is COc1ccc(Cl)cc1N(CC(=O)Nc1ccc(Br)c(Cl)c1)S(=O)(=O)c1ccc(C)c([N+](=O)[O-])c1. The van der Waals surface area contributed by atoms with Gasteiger partial charge in [0.1, 0.15) is 12.3 Å². The number of anilines is 2. The van der Waals surface area contributed by atoms with Gasteiger partial charge in [0, 0.05) is 26.8 Å². The van der Waals surface area contributed by atoms with Gasteiger partial charge in [0.25, 0.3) is 15.7 Å². The molecule has 0 aromatic heterocycles. The number of amides is 1. The van der Waals surface area contributed by atoms with Crippen molar-refractivity contribution in [2.75, 3.05) is 23.3 Å². The molecule has 1 amide bonds. The number of rotatable bonds is 8. The maximum absolute atomic E-state index is 13.7. The van der Waals surface area contributed by atoms with E-state index in [4.69, 9.17) is 27.9 Å². The van der Waals surface area contributed by atoms with Crippen LogP contribution in [0.2, 0.25) is 10.0 Å². The van der Waals surface area contributed by atoms with Gasteiger partial charge < -0.3 is 10.1 Å². The number of nitrogens with zero attached hydrogens (tertiary/aromatic N) is 2. The quantitative estimate of drug-likeness (QED) is 0.256. The van der Waals surface area contributed by atoms with E-state index in [1.165, 1.54) is 50.4 Å². The van der Waals surface area contributed by atoms with Crippen molar-refractivity contribution in [3.05, 3.63) is 84.8 Å². The molecule has 0 heterocycles. The van der Waals surface area contributed by atoms with E-state index in [9.17, 15) is 23.3 Å². The molecule has 0 spiro atoms. The van der Waals surface area contributed by atoms with Gasteiger partial charge in [-0.3, -0.25) is 19.2 Å². The van der Waals surface area contributed by atoms with Crippen LogP contribution in [0.4, 0.5) is 17.1 Å². The van der Waals surface area contributed by atoms with Crippen LogP contribution in [0.1, 0.15) is 5.56 Å². The Morgan fingerprint density at radius 1 is 1.14 bits per heavy atom. The lowest BCUT2D eigenvalue weighted by Gasteiger charge is -2.26. The Hall–Kier alpha value is -2.86. The minimum absolute atomic E-state index is 0.0211. The van der Waals surface area contributed by atoms with E-state index in [0.717, 1.165) is 10.4 Å². The molecule has 9 nitrogen and oxygen atoms in total. The number of methoxy groups -OCH3 is 1. The zero-order valence-corrected chi connectivity index (χ0v) is 22.2. The van der Waals surface area contributed by atoms with Crippen LogP contribution >= 0.6 is 39.1 Å². The molecule has 0 fully saturated rings. The monoisotopic (exact) mass is 601 g/mol. The lowest BCUT2D eigenvalue weighted by atomic mass is 10.2. The lowest BCUT2D eigenvalue weighted by molar-refractivity contribution is -0.385. The number of hydrogen-bond acceptors (Lipinski definition) is 6. The van der Waals surface area contributed by atoms with Crippen LogP contribution < -0.4 is 14.4 Å². The minimum Gasteiger partial charge on any atom is -0.495 e. The molecule has 1 N–H and O–H groups in total. The zero-order valence-electron chi connectivity index (χ0n) is 18.3. The third-order valence-electron chi connectivity index (χ3n) is 4.87. The van der Waals surface area contributed by atoms with Gasteiger partial charge in [0.05, 0.1) is 27.6 Å². The highest BCUT2D eigenvalue weighted by Crippen LogP contribution is 2.36. The molecule has 3 aromatic rings. The van der Waals surface area contributed by atoms with Crippen LogP contribution in [0, 0.1) is 17.0 Å². The molecule has 0 saturated carbocycles. The highest BCUT2D eigenvalue weighted by molar-refractivity contribution is 9.10. The van der Waals surface area contributed by atoms with Crippen LogP contribution in [0.15, 0.2) is 64.0 Å². The summed E-state index contributed by atoms with van der Waals surface area (Å²) in [5, 5.41) is 14.5. The lowest BCUT2D eigenvalue weighted by Crippen LogP contribution is -2.38. The van der Waals surface area contributed by atoms with Crippen molar-refractivity contribution in [2.24, 2.45) is 0 Å². The van der Waals surface area contributed by atoms with E-state index >= 15 is 0 Å². The fraction of sp³-hybridized carbons (Fsp3) is 0.136. The molecular formula is C22H18BrCl2N3O6S. The Morgan fingerprint density at radius 2 is 1.86 bits per heavy atom. The molecule has 0 atom stereocenters. The van der Waals surface area contributed by atoms with Gasteiger partial charge in [-0.25, -0.2) is 8.42 Å². The summed E-state index contributed by atoms with van der Waals surface area (Å²) in [7, 11) is -3.15. The maximum Gasteiger partial charge on any atom is 0.273 e. The van der Waals surface area contributed by atoms with E-state index in [1.807, 2.05) is 0 Å². The Kier molecular flexibility index (Phi) is 8.26. The highest BCUT2D eigenvalue weighted by Gasteiger charge is 2.31. The number of hydrogen-bond donors (Lipinski definition) is 1. The summed E-state index contributed by atoms with van der Waals surface area (Å²) in [4.78, 5) is 23.3. The van der Waals surface area contributed by atoms with Crippen LogP contribution in [-0.4, -0.2) is 32.9 Å². The Bertz CT molecular complexity index is 1420. The van der Waals surface area contributed by atoms with Crippen LogP contribution in [-0.2, 0) is 14.8 Å². The first-order chi connectivity index (χ1) is 16.4. The summed E-state index contributed by atoms with van der Waals surface area (Å²) in [6.07, 6.45) is 0. The van der Waals surface area contributed by atoms with Crippen molar-refractivity contribution < 1.29 is 22.9 Å². The van der Waals surface area contributed by atoms with E-state index in [1.54, 1.807) is 12.1 Å². The molecule has 0 bridgehead atoms. The number of carbonyl (C=O) groups excluding carboxylic acids is 1. The Morgan fingerprint density at radius 3 is 2.49 bits per heavy atom. The van der Waals surface area contributed by atoms with Crippen LogP contribution in [0.25, 0.3) is 0 Å². The first kappa shape index (κ1) is 26.7. The van der Waals surface area contributed by atoms with Crippen molar-refractivity contribution in [1.82, 2.24) is 0 Å². The first-order valence-electron chi connectivity index (χ1n) is 9.80.